The van der Waals surface area contributed by atoms with Crippen molar-refractivity contribution in [3.05, 3.63) is 34.3 Å². The smallest absolute Gasteiger partial charge is 0.408 e. The molecule has 2 aromatic rings. The summed E-state index contributed by atoms with van der Waals surface area (Å²) < 4.78 is 17.9. The lowest BCUT2D eigenvalue weighted by Gasteiger charge is -2.37. The van der Waals surface area contributed by atoms with Crippen LogP contribution in [-0.2, 0) is 16.5 Å². The summed E-state index contributed by atoms with van der Waals surface area (Å²) in [5.74, 6) is -0.969. The summed E-state index contributed by atoms with van der Waals surface area (Å²) in [5.41, 5.74) is 1.66. The second kappa shape index (κ2) is 5.21. The molecule has 0 N–H and O–H groups in total. The Kier molecular flexibility index (Phi) is 3.28. The first-order valence-electron chi connectivity index (χ1n) is 7.75. The maximum Gasteiger partial charge on any atom is 0.419 e. The van der Waals surface area contributed by atoms with Gasteiger partial charge in [-0.1, -0.05) is 0 Å². The fourth-order valence-electron chi connectivity index (χ4n) is 3.28. The van der Waals surface area contributed by atoms with Crippen LogP contribution in [0.1, 0.15) is 23.2 Å². The van der Waals surface area contributed by atoms with Crippen molar-refractivity contribution in [3.63, 3.8) is 0 Å². The van der Waals surface area contributed by atoms with E-state index in [-0.39, 0.29) is 5.91 Å². The van der Waals surface area contributed by atoms with Gasteiger partial charge in [0.2, 0.25) is 0 Å². The molecular formula is C16H18N2O5. The molecule has 23 heavy (non-hydrogen) atoms. The van der Waals surface area contributed by atoms with E-state index >= 15 is 0 Å². The summed E-state index contributed by atoms with van der Waals surface area (Å²) in [6.45, 7) is 2.45. The highest BCUT2D eigenvalue weighted by Gasteiger charge is 2.40. The second-order valence-corrected chi connectivity index (χ2v) is 6.01. The minimum atomic E-state index is -0.491. The molecule has 2 aliphatic heterocycles. The van der Waals surface area contributed by atoms with Crippen LogP contribution in [0, 0.1) is 0 Å². The highest BCUT2D eigenvalue weighted by atomic mass is 16.7. The molecule has 1 spiro atoms. The van der Waals surface area contributed by atoms with Gasteiger partial charge in [0.15, 0.2) is 11.4 Å². The molecule has 2 fully saturated rings. The number of hydrogen-bond donors (Lipinski definition) is 0. The van der Waals surface area contributed by atoms with Gasteiger partial charge in [-0.15, -0.1) is 0 Å². The zero-order valence-corrected chi connectivity index (χ0v) is 12.9. The van der Waals surface area contributed by atoms with E-state index in [0.717, 1.165) is 0 Å². The van der Waals surface area contributed by atoms with Gasteiger partial charge in [-0.25, -0.2) is 4.79 Å². The number of ether oxygens (including phenoxy) is 2. The van der Waals surface area contributed by atoms with Crippen LogP contribution in [0.15, 0.2) is 27.4 Å². The van der Waals surface area contributed by atoms with Gasteiger partial charge < -0.3 is 18.8 Å². The molecule has 0 aliphatic carbocycles. The monoisotopic (exact) mass is 318 g/mol. The molecule has 2 saturated heterocycles. The zero-order chi connectivity index (χ0) is 16.0. The maximum atomic E-state index is 12.7. The van der Waals surface area contributed by atoms with Gasteiger partial charge in [-0.3, -0.25) is 9.36 Å². The minimum absolute atomic E-state index is 0.0478. The summed E-state index contributed by atoms with van der Waals surface area (Å²) in [6.07, 6.45) is 1.37. The number of benzene rings is 1. The van der Waals surface area contributed by atoms with Gasteiger partial charge in [0, 0.05) is 38.5 Å². The molecule has 2 aliphatic rings. The summed E-state index contributed by atoms with van der Waals surface area (Å²) in [4.78, 5) is 26.0. The third-order valence-corrected chi connectivity index (χ3v) is 4.66. The first-order chi connectivity index (χ1) is 11.1. The number of aryl methyl sites for hydroxylation is 1. The van der Waals surface area contributed by atoms with Crippen molar-refractivity contribution >= 4 is 17.0 Å². The number of fused-ring (bicyclic) bond motifs is 1. The van der Waals surface area contributed by atoms with Crippen LogP contribution in [0.5, 0.6) is 0 Å². The van der Waals surface area contributed by atoms with E-state index in [2.05, 4.69) is 0 Å². The second-order valence-electron chi connectivity index (χ2n) is 6.01. The van der Waals surface area contributed by atoms with Crippen molar-refractivity contribution in [2.24, 2.45) is 7.05 Å². The van der Waals surface area contributed by atoms with Crippen LogP contribution in [0.3, 0.4) is 0 Å². The Morgan fingerprint density at radius 1 is 1.17 bits per heavy atom. The van der Waals surface area contributed by atoms with E-state index < -0.39 is 11.5 Å². The topological polar surface area (TPSA) is 73.9 Å². The number of nitrogens with zero attached hydrogens (tertiary/aromatic N) is 2. The number of aromatic nitrogens is 1. The van der Waals surface area contributed by atoms with Gasteiger partial charge in [0.25, 0.3) is 5.91 Å². The van der Waals surface area contributed by atoms with E-state index in [1.54, 1.807) is 30.1 Å². The average molecular weight is 318 g/mol. The third-order valence-electron chi connectivity index (χ3n) is 4.66. The average Bonchev–Trinajstić information content (AvgIpc) is 3.13. The Morgan fingerprint density at radius 3 is 2.57 bits per heavy atom. The predicted octanol–water partition coefficient (Wildman–Crippen LogP) is 1.11. The first-order valence-corrected chi connectivity index (χ1v) is 7.75. The quantitative estimate of drug-likeness (QED) is 0.787. The predicted molar refractivity (Wildman–Crippen MR) is 81.2 cm³/mol. The molecule has 1 amide bonds. The highest BCUT2D eigenvalue weighted by molar-refractivity contribution is 5.97. The molecule has 122 valence electrons. The third kappa shape index (κ3) is 2.36. The number of rotatable bonds is 1. The Bertz CT molecular complexity index is 805. The zero-order valence-electron chi connectivity index (χ0n) is 12.9. The number of amides is 1. The van der Waals surface area contributed by atoms with Crippen molar-refractivity contribution in [3.8, 4) is 0 Å². The number of oxazole rings is 1. The molecule has 0 bridgehead atoms. The first kappa shape index (κ1) is 14.5. The van der Waals surface area contributed by atoms with Crippen molar-refractivity contribution in [2.75, 3.05) is 26.3 Å². The molecule has 7 nitrogen and oxygen atoms in total. The SMILES string of the molecule is Cn1c(=O)oc2ccc(C(=O)N3CCC4(CC3)OCCO4)cc21. The van der Waals surface area contributed by atoms with Crippen molar-refractivity contribution in [1.82, 2.24) is 9.47 Å². The van der Waals surface area contributed by atoms with Crippen molar-refractivity contribution in [1.29, 1.82) is 0 Å². The summed E-state index contributed by atoms with van der Waals surface area (Å²) >= 11 is 0. The lowest BCUT2D eigenvalue weighted by Crippen LogP contribution is -2.47. The number of carbonyl (C=O) groups excluding carboxylic acids is 1. The molecule has 7 heteroatoms. The Morgan fingerprint density at radius 2 is 1.87 bits per heavy atom. The summed E-state index contributed by atoms with van der Waals surface area (Å²) in [7, 11) is 1.63. The highest BCUT2D eigenvalue weighted by Crippen LogP contribution is 2.31. The largest absolute Gasteiger partial charge is 0.419 e. The molecule has 0 unspecified atom stereocenters. The Hall–Kier alpha value is -2.12. The normalized spacial score (nSPS) is 20.5. The molecule has 1 aromatic carbocycles. The molecule has 4 rings (SSSR count). The van der Waals surface area contributed by atoms with Gasteiger partial charge in [-0.2, -0.15) is 0 Å². The molecule has 0 atom stereocenters. The fourth-order valence-corrected chi connectivity index (χ4v) is 3.28. The lowest BCUT2D eigenvalue weighted by molar-refractivity contribution is -0.181. The number of piperidine rings is 1. The standard InChI is InChI=1S/C16H18N2O5/c1-17-12-10-11(2-3-13(12)23-15(17)20)14(19)18-6-4-16(5-7-18)21-8-9-22-16/h2-3,10H,4-9H2,1H3. The molecule has 3 heterocycles. The van der Waals surface area contributed by atoms with Gasteiger partial charge in [-0.05, 0) is 18.2 Å². The van der Waals surface area contributed by atoms with Crippen molar-refractivity contribution in [2.45, 2.75) is 18.6 Å². The molecule has 0 saturated carbocycles. The van der Waals surface area contributed by atoms with Crippen molar-refractivity contribution < 1.29 is 18.7 Å². The number of carbonyl (C=O) groups is 1. The Labute approximate surface area is 132 Å². The van der Waals surface area contributed by atoms with Gasteiger partial charge in [0.05, 0.1) is 18.7 Å². The molecule has 1 aromatic heterocycles. The molecular weight excluding hydrogens is 300 g/mol. The van der Waals surface area contributed by atoms with E-state index in [4.69, 9.17) is 13.9 Å². The van der Waals surface area contributed by atoms with E-state index in [9.17, 15) is 9.59 Å². The van der Waals surface area contributed by atoms with Crippen LogP contribution in [0.4, 0.5) is 0 Å². The maximum absolute atomic E-state index is 12.7. The Balaban J connectivity index is 1.55. The van der Waals surface area contributed by atoms with Gasteiger partial charge in [0.1, 0.15) is 0 Å². The minimum Gasteiger partial charge on any atom is -0.408 e. The summed E-state index contributed by atoms with van der Waals surface area (Å²) in [5, 5.41) is 0. The van der Waals surface area contributed by atoms with E-state index in [1.807, 2.05) is 0 Å². The van der Waals surface area contributed by atoms with Crippen LogP contribution < -0.4 is 5.76 Å². The van der Waals surface area contributed by atoms with Gasteiger partial charge >= 0.3 is 5.76 Å². The lowest BCUT2D eigenvalue weighted by atomic mass is 10.0. The fraction of sp³-hybridized carbons (Fsp3) is 0.500. The molecule has 0 radical (unpaired) electrons. The van der Waals surface area contributed by atoms with E-state index in [0.29, 0.717) is 55.8 Å². The van der Waals surface area contributed by atoms with Crippen LogP contribution in [-0.4, -0.2) is 47.5 Å². The van der Waals surface area contributed by atoms with E-state index in [1.165, 1.54) is 4.57 Å². The number of likely N-dealkylation sites (tertiary alicyclic amines) is 1. The van der Waals surface area contributed by atoms with Crippen LogP contribution in [0.25, 0.3) is 11.1 Å². The van der Waals surface area contributed by atoms with Crippen LogP contribution in [0.2, 0.25) is 0 Å². The number of hydrogen-bond acceptors (Lipinski definition) is 5. The summed E-state index contributed by atoms with van der Waals surface area (Å²) in [6, 6.07) is 5.06. The van der Waals surface area contributed by atoms with Crippen LogP contribution >= 0.6 is 0 Å².